The van der Waals surface area contributed by atoms with Crippen LogP contribution in [-0.4, -0.2) is 49.7 Å². The molecule has 0 spiro atoms. The van der Waals surface area contributed by atoms with Gasteiger partial charge in [-0.1, -0.05) is 6.92 Å². The van der Waals surface area contributed by atoms with Gasteiger partial charge in [0.25, 0.3) is 11.6 Å². The normalized spacial score (nSPS) is 14.2. The number of aryl methyl sites for hydroxylation is 1. The van der Waals surface area contributed by atoms with Crippen LogP contribution >= 0.6 is 0 Å². The van der Waals surface area contributed by atoms with E-state index in [9.17, 15) is 19.7 Å². The van der Waals surface area contributed by atoms with Crippen molar-refractivity contribution in [2.45, 2.75) is 51.7 Å². The standard InChI is InChI=1S/C22H28N4O4/c1-4-16(2)24(22(28)17-7-9-19(10-8-17)26(29)30)15-21(27)25(18-11-12-18)14-20-6-5-13-23(20)3/h5-10,13,16,18H,4,11-12,14-15H2,1-3H3. The molecule has 1 aliphatic rings. The van der Waals surface area contributed by atoms with Gasteiger partial charge in [0.05, 0.1) is 11.5 Å². The van der Waals surface area contributed by atoms with Crippen molar-refractivity contribution < 1.29 is 14.5 Å². The third-order valence-electron chi connectivity index (χ3n) is 5.71. The van der Waals surface area contributed by atoms with Crippen LogP contribution in [0.25, 0.3) is 0 Å². The van der Waals surface area contributed by atoms with Gasteiger partial charge in [0, 0.05) is 48.7 Å². The van der Waals surface area contributed by atoms with Crippen LogP contribution in [0.15, 0.2) is 42.6 Å². The van der Waals surface area contributed by atoms with Crippen molar-refractivity contribution in [2.24, 2.45) is 7.05 Å². The highest BCUT2D eigenvalue weighted by atomic mass is 16.6. The lowest BCUT2D eigenvalue weighted by Crippen LogP contribution is -2.47. The molecule has 1 heterocycles. The molecule has 1 aliphatic carbocycles. The molecular formula is C22H28N4O4. The fourth-order valence-corrected chi connectivity index (χ4v) is 3.42. The highest BCUT2D eigenvalue weighted by Crippen LogP contribution is 2.29. The van der Waals surface area contributed by atoms with E-state index in [1.165, 1.54) is 24.3 Å². The summed E-state index contributed by atoms with van der Waals surface area (Å²) in [5.74, 6) is -0.364. The number of aromatic nitrogens is 1. The Kier molecular flexibility index (Phi) is 6.54. The van der Waals surface area contributed by atoms with Crippen molar-refractivity contribution in [3.63, 3.8) is 0 Å². The summed E-state index contributed by atoms with van der Waals surface area (Å²) in [6, 6.07) is 9.57. The second kappa shape index (κ2) is 9.11. The first kappa shape index (κ1) is 21.5. The molecule has 8 heteroatoms. The number of nitrogens with zero attached hydrogens (tertiary/aromatic N) is 4. The first-order chi connectivity index (χ1) is 14.3. The quantitative estimate of drug-likeness (QED) is 0.467. The van der Waals surface area contributed by atoms with E-state index in [2.05, 4.69) is 0 Å². The van der Waals surface area contributed by atoms with E-state index >= 15 is 0 Å². The molecule has 0 radical (unpaired) electrons. The predicted octanol–water partition coefficient (Wildman–Crippen LogP) is 3.37. The first-order valence-electron chi connectivity index (χ1n) is 10.3. The van der Waals surface area contributed by atoms with E-state index in [4.69, 9.17) is 0 Å². The lowest BCUT2D eigenvalue weighted by Gasteiger charge is -2.31. The van der Waals surface area contributed by atoms with Crippen molar-refractivity contribution >= 4 is 17.5 Å². The van der Waals surface area contributed by atoms with E-state index in [1.54, 1.807) is 4.90 Å². The van der Waals surface area contributed by atoms with Gasteiger partial charge in [-0.2, -0.15) is 0 Å². The molecule has 0 saturated heterocycles. The van der Waals surface area contributed by atoms with Gasteiger partial charge in [0.1, 0.15) is 6.54 Å². The van der Waals surface area contributed by atoms with Gasteiger partial charge in [0.15, 0.2) is 0 Å². The zero-order chi connectivity index (χ0) is 21.8. The van der Waals surface area contributed by atoms with E-state index in [-0.39, 0.29) is 36.1 Å². The van der Waals surface area contributed by atoms with Crippen LogP contribution in [0, 0.1) is 10.1 Å². The monoisotopic (exact) mass is 412 g/mol. The summed E-state index contributed by atoms with van der Waals surface area (Å²) in [7, 11) is 1.95. The molecule has 1 aromatic heterocycles. The fourth-order valence-electron chi connectivity index (χ4n) is 3.42. The summed E-state index contributed by atoms with van der Waals surface area (Å²) in [4.78, 5) is 40.1. The minimum atomic E-state index is -0.499. The van der Waals surface area contributed by atoms with Gasteiger partial charge in [-0.15, -0.1) is 0 Å². The van der Waals surface area contributed by atoms with Gasteiger partial charge in [-0.25, -0.2) is 0 Å². The molecule has 1 saturated carbocycles. The molecule has 2 amide bonds. The van der Waals surface area contributed by atoms with Crippen LogP contribution in [0.4, 0.5) is 5.69 Å². The maximum atomic E-state index is 13.2. The molecule has 0 N–H and O–H groups in total. The lowest BCUT2D eigenvalue weighted by molar-refractivity contribution is -0.384. The minimum Gasteiger partial charge on any atom is -0.353 e. The second-order valence-corrected chi connectivity index (χ2v) is 7.86. The molecule has 30 heavy (non-hydrogen) atoms. The molecule has 0 aliphatic heterocycles. The zero-order valence-electron chi connectivity index (χ0n) is 17.7. The molecule has 2 aromatic rings. The highest BCUT2D eigenvalue weighted by molar-refractivity contribution is 5.97. The Morgan fingerprint density at radius 3 is 2.40 bits per heavy atom. The topological polar surface area (TPSA) is 88.7 Å². The highest BCUT2D eigenvalue weighted by Gasteiger charge is 2.35. The molecule has 1 unspecified atom stereocenters. The number of hydrogen-bond donors (Lipinski definition) is 0. The van der Waals surface area contributed by atoms with Crippen molar-refractivity contribution in [1.29, 1.82) is 0 Å². The number of nitro benzene ring substituents is 1. The second-order valence-electron chi connectivity index (χ2n) is 7.86. The van der Waals surface area contributed by atoms with E-state index in [0.717, 1.165) is 18.5 Å². The lowest BCUT2D eigenvalue weighted by atomic mass is 10.1. The van der Waals surface area contributed by atoms with Crippen LogP contribution in [0.1, 0.15) is 49.2 Å². The Bertz CT molecular complexity index is 917. The Hall–Kier alpha value is -3.16. The van der Waals surface area contributed by atoms with Crippen LogP contribution in [-0.2, 0) is 18.4 Å². The van der Waals surface area contributed by atoms with Gasteiger partial charge >= 0.3 is 0 Å². The Balaban J connectivity index is 1.77. The number of amides is 2. The SMILES string of the molecule is CCC(C)N(CC(=O)N(Cc1cccn1C)C1CC1)C(=O)c1ccc([N+](=O)[O-])cc1. The van der Waals surface area contributed by atoms with E-state index in [0.29, 0.717) is 18.5 Å². The van der Waals surface area contributed by atoms with Crippen LogP contribution in [0.3, 0.4) is 0 Å². The summed E-state index contributed by atoms with van der Waals surface area (Å²) in [6.45, 7) is 4.39. The molecule has 3 rings (SSSR count). The Labute approximate surface area is 176 Å². The average Bonchev–Trinajstić information content (AvgIpc) is 3.50. The number of nitro groups is 1. The number of rotatable bonds is 9. The maximum Gasteiger partial charge on any atom is 0.269 e. The van der Waals surface area contributed by atoms with E-state index in [1.807, 2.05) is 48.7 Å². The van der Waals surface area contributed by atoms with Crippen molar-refractivity contribution in [1.82, 2.24) is 14.4 Å². The summed E-state index contributed by atoms with van der Waals surface area (Å²) < 4.78 is 2.00. The number of benzene rings is 1. The number of hydrogen-bond acceptors (Lipinski definition) is 4. The first-order valence-corrected chi connectivity index (χ1v) is 10.3. The van der Waals surface area contributed by atoms with Gasteiger partial charge in [0.2, 0.25) is 5.91 Å². The summed E-state index contributed by atoms with van der Waals surface area (Å²) in [5, 5.41) is 10.9. The minimum absolute atomic E-state index is 0.00818. The summed E-state index contributed by atoms with van der Waals surface area (Å²) in [5.41, 5.74) is 1.32. The van der Waals surface area contributed by atoms with E-state index < -0.39 is 4.92 Å². The largest absolute Gasteiger partial charge is 0.353 e. The number of non-ortho nitro benzene ring substituents is 1. The number of carbonyl (C=O) groups is 2. The maximum absolute atomic E-state index is 13.2. The van der Waals surface area contributed by atoms with Crippen molar-refractivity contribution in [3.05, 3.63) is 64.0 Å². The van der Waals surface area contributed by atoms with Crippen molar-refractivity contribution in [3.8, 4) is 0 Å². The average molecular weight is 412 g/mol. The van der Waals surface area contributed by atoms with Crippen LogP contribution in [0.5, 0.6) is 0 Å². The van der Waals surface area contributed by atoms with Gasteiger partial charge in [-0.05, 0) is 50.5 Å². The molecule has 1 atom stereocenters. The van der Waals surface area contributed by atoms with Gasteiger partial charge < -0.3 is 14.4 Å². The molecule has 160 valence electrons. The zero-order valence-corrected chi connectivity index (χ0v) is 17.7. The molecule has 8 nitrogen and oxygen atoms in total. The third kappa shape index (κ3) is 4.87. The molecule has 1 aromatic carbocycles. The molecule has 0 bridgehead atoms. The van der Waals surface area contributed by atoms with Crippen LogP contribution in [0.2, 0.25) is 0 Å². The molecular weight excluding hydrogens is 384 g/mol. The predicted molar refractivity (Wildman–Crippen MR) is 113 cm³/mol. The Morgan fingerprint density at radius 2 is 1.90 bits per heavy atom. The smallest absolute Gasteiger partial charge is 0.269 e. The Morgan fingerprint density at radius 1 is 1.23 bits per heavy atom. The fraction of sp³-hybridized carbons (Fsp3) is 0.455. The summed E-state index contributed by atoms with van der Waals surface area (Å²) in [6.07, 6.45) is 4.62. The van der Waals surface area contributed by atoms with Crippen molar-refractivity contribution in [2.75, 3.05) is 6.54 Å². The number of carbonyl (C=O) groups excluding carboxylic acids is 2. The van der Waals surface area contributed by atoms with Crippen LogP contribution < -0.4 is 0 Å². The molecule has 1 fully saturated rings. The van der Waals surface area contributed by atoms with Gasteiger partial charge in [-0.3, -0.25) is 19.7 Å². The third-order valence-corrected chi connectivity index (χ3v) is 5.71. The summed E-state index contributed by atoms with van der Waals surface area (Å²) >= 11 is 0.